The minimum atomic E-state index is -0.816. The van der Waals surface area contributed by atoms with Crippen molar-refractivity contribution in [3.8, 4) is 11.5 Å². The van der Waals surface area contributed by atoms with Gasteiger partial charge in [0.1, 0.15) is 5.75 Å². The van der Waals surface area contributed by atoms with E-state index in [1.807, 2.05) is 13.8 Å². The number of carbonyl (C=O) groups excluding carboxylic acids is 2. The van der Waals surface area contributed by atoms with Crippen LogP contribution in [0.4, 0.5) is 4.39 Å². The van der Waals surface area contributed by atoms with Crippen LogP contribution in [-0.2, 0) is 9.59 Å². The summed E-state index contributed by atoms with van der Waals surface area (Å²) in [6.45, 7) is 6.49. The fraction of sp³-hybridized carbons (Fsp3) is 0.710. The number of rotatable bonds is 10. The zero-order chi connectivity index (χ0) is 28.6. The van der Waals surface area contributed by atoms with Crippen LogP contribution in [0.25, 0.3) is 0 Å². The quantitative estimate of drug-likeness (QED) is 0.369. The van der Waals surface area contributed by atoms with Crippen molar-refractivity contribution in [1.82, 2.24) is 10.6 Å². The van der Waals surface area contributed by atoms with Gasteiger partial charge in [0.2, 0.25) is 5.91 Å². The molecule has 4 fully saturated rings. The van der Waals surface area contributed by atoms with E-state index in [-0.39, 0.29) is 64.4 Å². The molecule has 0 aliphatic heterocycles. The standard InChI is InChI=1S/C31H43FN2O6/c1-17(2)39-24-15-23(32)25(40-21-9-7-18(8-10-21)30(37)38)14-22(24)28(35)34-27-20-6-5-19(13-20)26(27)29(36)33-16-31(3)11-4-12-31/h14-15,17-21,26-27H,4-13,16H2,1-3H3,(H,33,36)(H,34,35)(H,37,38). The molecule has 0 saturated heterocycles. The van der Waals surface area contributed by atoms with Crippen LogP contribution < -0.4 is 20.1 Å². The fourth-order valence-corrected chi connectivity index (χ4v) is 7.24. The van der Waals surface area contributed by atoms with Crippen molar-refractivity contribution < 1.29 is 33.4 Å². The number of ether oxygens (including phenoxy) is 2. The molecule has 8 nitrogen and oxygen atoms in total. The van der Waals surface area contributed by atoms with E-state index in [4.69, 9.17) is 9.47 Å². The monoisotopic (exact) mass is 558 g/mol. The molecule has 2 amide bonds. The lowest BCUT2D eigenvalue weighted by atomic mass is 9.70. The number of carboxylic acid groups (broad SMARTS) is 1. The minimum Gasteiger partial charge on any atom is -0.490 e. The minimum absolute atomic E-state index is 0.0179. The van der Waals surface area contributed by atoms with Gasteiger partial charge >= 0.3 is 5.97 Å². The Morgan fingerprint density at radius 2 is 1.75 bits per heavy atom. The molecule has 4 saturated carbocycles. The molecule has 4 aliphatic carbocycles. The number of hydrogen-bond acceptors (Lipinski definition) is 5. The molecule has 4 aliphatic rings. The highest BCUT2D eigenvalue weighted by Crippen LogP contribution is 2.49. The third-order valence-electron chi connectivity index (χ3n) is 9.73. The fourth-order valence-electron chi connectivity index (χ4n) is 7.24. The molecular formula is C31H43FN2O6. The number of amides is 2. The molecule has 3 N–H and O–H groups in total. The summed E-state index contributed by atoms with van der Waals surface area (Å²) >= 11 is 0. The molecular weight excluding hydrogens is 515 g/mol. The molecule has 220 valence electrons. The summed E-state index contributed by atoms with van der Waals surface area (Å²) in [5, 5.41) is 15.6. The van der Waals surface area contributed by atoms with Crippen molar-refractivity contribution in [3.63, 3.8) is 0 Å². The molecule has 1 aromatic rings. The number of carbonyl (C=O) groups is 3. The lowest BCUT2D eigenvalue weighted by Gasteiger charge is -2.39. The highest BCUT2D eigenvalue weighted by Gasteiger charge is 2.51. The molecule has 0 spiro atoms. The summed E-state index contributed by atoms with van der Waals surface area (Å²) in [4.78, 5) is 38.4. The number of benzene rings is 1. The summed E-state index contributed by atoms with van der Waals surface area (Å²) in [5.41, 5.74) is 0.347. The van der Waals surface area contributed by atoms with Crippen molar-refractivity contribution in [2.75, 3.05) is 6.54 Å². The number of hydrogen-bond donors (Lipinski definition) is 3. The smallest absolute Gasteiger partial charge is 0.306 e. The molecule has 0 radical (unpaired) electrons. The second-order valence-electron chi connectivity index (χ2n) is 13.1. The maximum atomic E-state index is 15.1. The van der Waals surface area contributed by atoms with E-state index >= 15 is 4.39 Å². The average molecular weight is 559 g/mol. The van der Waals surface area contributed by atoms with Gasteiger partial charge in [-0.25, -0.2) is 4.39 Å². The van der Waals surface area contributed by atoms with Crippen LogP contribution in [0.3, 0.4) is 0 Å². The summed E-state index contributed by atoms with van der Waals surface area (Å²) in [6, 6.07) is 2.30. The zero-order valence-electron chi connectivity index (χ0n) is 23.8. The first kappa shape index (κ1) is 28.7. The highest BCUT2D eigenvalue weighted by atomic mass is 19.1. The van der Waals surface area contributed by atoms with Gasteiger partial charge < -0.3 is 25.2 Å². The van der Waals surface area contributed by atoms with Gasteiger partial charge in [-0.2, -0.15) is 0 Å². The van der Waals surface area contributed by atoms with Crippen molar-refractivity contribution in [3.05, 3.63) is 23.5 Å². The first-order chi connectivity index (χ1) is 19.0. The van der Waals surface area contributed by atoms with Gasteiger partial charge in [-0.3, -0.25) is 14.4 Å². The van der Waals surface area contributed by atoms with Crippen LogP contribution in [0.5, 0.6) is 11.5 Å². The third-order valence-corrected chi connectivity index (χ3v) is 9.73. The largest absolute Gasteiger partial charge is 0.490 e. The zero-order valence-corrected chi connectivity index (χ0v) is 23.8. The molecule has 40 heavy (non-hydrogen) atoms. The third kappa shape index (κ3) is 6.08. The predicted octanol–water partition coefficient (Wildman–Crippen LogP) is 5.09. The topological polar surface area (TPSA) is 114 Å². The van der Waals surface area contributed by atoms with Crippen LogP contribution >= 0.6 is 0 Å². The van der Waals surface area contributed by atoms with Crippen LogP contribution in [0.2, 0.25) is 0 Å². The molecule has 2 bridgehead atoms. The summed E-state index contributed by atoms with van der Waals surface area (Å²) in [5.74, 6) is -1.94. The van der Waals surface area contributed by atoms with Crippen molar-refractivity contribution in [1.29, 1.82) is 0 Å². The van der Waals surface area contributed by atoms with Crippen molar-refractivity contribution in [2.24, 2.45) is 29.1 Å². The van der Waals surface area contributed by atoms with Gasteiger partial charge in [0.15, 0.2) is 11.6 Å². The molecule has 4 atom stereocenters. The second-order valence-corrected chi connectivity index (χ2v) is 13.1. The van der Waals surface area contributed by atoms with Gasteiger partial charge in [0.05, 0.1) is 29.6 Å². The normalized spacial score (nSPS) is 30.4. The van der Waals surface area contributed by atoms with Gasteiger partial charge in [0, 0.05) is 18.7 Å². The Morgan fingerprint density at radius 3 is 2.38 bits per heavy atom. The van der Waals surface area contributed by atoms with Crippen LogP contribution in [0.1, 0.15) is 95.3 Å². The van der Waals surface area contributed by atoms with E-state index in [1.165, 1.54) is 18.6 Å². The maximum absolute atomic E-state index is 15.1. The summed E-state index contributed by atoms with van der Waals surface area (Å²) in [6.07, 6.45) is 7.68. The maximum Gasteiger partial charge on any atom is 0.306 e. The second kappa shape index (κ2) is 11.6. The SMILES string of the molecule is CC(C)Oc1cc(F)c(OC2CCC(C(=O)O)CC2)cc1C(=O)NC1C2CCC(C2)C1C(=O)NCC1(C)CCC1. The number of aliphatic carboxylic acids is 1. The van der Waals surface area contributed by atoms with E-state index in [9.17, 15) is 19.5 Å². The van der Waals surface area contributed by atoms with Crippen LogP contribution in [-0.4, -0.2) is 47.7 Å². The van der Waals surface area contributed by atoms with Gasteiger partial charge in [-0.1, -0.05) is 13.3 Å². The molecule has 5 rings (SSSR count). The molecule has 9 heteroatoms. The lowest BCUT2D eigenvalue weighted by Crippen LogP contribution is -2.51. The molecule has 0 aromatic heterocycles. The first-order valence-electron chi connectivity index (χ1n) is 15.0. The molecule has 1 aromatic carbocycles. The van der Waals surface area contributed by atoms with Gasteiger partial charge in [-0.15, -0.1) is 0 Å². The Labute approximate surface area is 235 Å². The van der Waals surface area contributed by atoms with Crippen molar-refractivity contribution >= 4 is 17.8 Å². The van der Waals surface area contributed by atoms with E-state index in [0.29, 0.717) is 32.2 Å². The Morgan fingerprint density at radius 1 is 1.05 bits per heavy atom. The number of halogens is 1. The predicted molar refractivity (Wildman–Crippen MR) is 147 cm³/mol. The number of fused-ring (bicyclic) bond motifs is 2. The Kier molecular flexibility index (Phi) is 8.30. The van der Waals surface area contributed by atoms with Crippen LogP contribution in [0.15, 0.2) is 12.1 Å². The Hall–Kier alpha value is -2.84. The lowest BCUT2D eigenvalue weighted by molar-refractivity contribution is -0.143. The highest BCUT2D eigenvalue weighted by molar-refractivity contribution is 5.98. The van der Waals surface area contributed by atoms with Gasteiger partial charge in [-0.05, 0) is 95.0 Å². The van der Waals surface area contributed by atoms with E-state index in [0.717, 1.165) is 32.1 Å². The summed E-state index contributed by atoms with van der Waals surface area (Å²) in [7, 11) is 0. The van der Waals surface area contributed by atoms with Gasteiger partial charge in [0.25, 0.3) is 5.91 Å². The van der Waals surface area contributed by atoms with Crippen LogP contribution in [0, 0.1) is 34.9 Å². The Bertz CT molecular complexity index is 1130. The molecule has 0 heterocycles. The first-order valence-corrected chi connectivity index (χ1v) is 15.0. The van der Waals surface area contributed by atoms with Crippen molar-refractivity contribution in [2.45, 2.75) is 103 Å². The number of carboxylic acids is 1. The summed E-state index contributed by atoms with van der Waals surface area (Å²) < 4.78 is 26.9. The van der Waals surface area contributed by atoms with E-state index in [1.54, 1.807) is 0 Å². The molecule has 4 unspecified atom stereocenters. The van der Waals surface area contributed by atoms with E-state index in [2.05, 4.69) is 17.6 Å². The van der Waals surface area contributed by atoms with E-state index < -0.39 is 23.6 Å². The Balaban J connectivity index is 1.31. The average Bonchev–Trinajstić information content (AvgIpc) is 3.49. The number of nitrogens with one attached hydrogen (secondary N) is 2.